The number of rotatable bonds is 14. The fourth-order valence-electron chi connectivity index (χ4n) is 5.53. The van der Waals surface area contributed by atoms with E-state index in [-0.39, 0.29) is 12.0 Å². The number of esters is 1. The quantitative estimate of drug-likeness (QED) is 0.165. The molecular weight excluding hydrogens is 494 g/mol. The Morgan fingerprint density at radius 1 is 0.850 bits per heavy atom. The van der Waals surface area contributed by atoms with Crippen molar-refractivity contribution in [1.82, 2.24) is 4.90 Å². The van der Waals surface area contributed by atoms with Crippen LogP contribution in [0.25, 0.3) is 0 Å². The van der Waals surface area contributed by atoms with Gasteiger partial charge in [0.2, 0.25) is 0 Å². The van der Waals surface area contributed by atoms with Gasteiger partial charge in [-0.2, -0.15) is 0 Å². The van der Waals surface area contributed by atoms with Crippen LogP contribution in [-0.2, 0) is 22.6 Å². The maximum atomic E-state index is 13.4. The topological polar surface area (TPSA) is 49.8 Å². The second-order valence-corrected chi connectivity index (χ2v) is 11.6. The molecule has 0 heterocycles. The largest absolute Gasteiger partial charge is 0.456 e. The summed E-state index contributed by atoms with van der Waals surface area (Å²) >= 11 is 0. The van der Waals surface area contributed by atoms with Crippen molar-refractivity contribution in [2.24, 2.45) is 5.92 Å². The molecule has 0 radical (unpaired) electrons. The van der Waals surface area contributed by atoms with Gasteiger partial charge in [-0.3, -0.25) is 9.69 Å². The summed E-state index contributed by atoms with van der Waals surface area (Å²) < 4.78 is 6.31. The summed E-state index contributed by atoms with van der Waals surface area (Å²) in [5.41, 5.74) is 8.59. The summed E-state index contributed by atoms with van der Waals surface area (Å²) in [7, 11) is 0. The lowest BCUT2D eigenvalue weighted by Gasteiger charge is -2.36. The van der Waals surface area contributed by atoms with Crippen molar-refractivity contribution in [3.63, 3.8) is 0 Å². The molecule has 0 aliphatic carbocycles. The molecule has 4 heteroatoms. The van der Waals surface area contributed by atoms with Crippen molar-refractivity contribution in [2.45, 2.75) is 105 Å². The predicted octanol–water partition coefficient (Wildman–Crippen LogP) is 8.17. The lowest BCUT2D eigenvalue weighted by molar-refractivity contribution is -0.161. The first-order valence-electron chi connectivity index (χ1n) is 14.9. The molecule has 0 aliphatic rings. The zero-order chi connectivity index (χ0) is 29.2. The van der Waals surface area contributed by atoms with Gasteiger partial charge in [0.05, 0.1) is 12.0 Å². The van der Waals surface area contributed by atoms with E-state index < -0.39 is 18.1 Å². The average molecular weight is 544 g/mol. The Bertz CT molecular complexity index is 1200. The molecule has 0 amide bonds. The van der Waals surface area contributed by atoms with Crippen LogP contribution in [0.15, 0.2) is 66.7 Å². The van der Waals surface area contributed by atoms with E-state index in [0.29, 0.717) is 6.42 Å². The fraction of sp³-hybridized carbons (Fsp3) is 0.472. The minimum atomic E-state index is -0.702. The predicted molar refractivity (Wildman–Crippen MR) is 165 cm³/mol. The molecule has 4 nitrogen and oxygen atoms in total. The highest BCUT2D eigenvalue weighted by molar-refractivity contribution is 5.73. The van der Waals surface area contributed by atoms with Gasteiger partial charge in [0, 0.05) is 19.1 Å². The summed E-state index contributed by atoms with van der Waals surface area (Å²) in [5.74, 6) is -0.926. The summed E-state index contributed by atoms with van der Waals surface area (Å²) in [6.45, 7) is 16.2. The van der Waals surface area contributed by atoms with Crippen LogP contribution >= 0.6 is 0 Å². The monoisotopic (exact) mass is 543 g/mol. The van der Waals surface area contributed by atoms with Crippen molar-refractivity contribution < 1.29 is 14.6 Å². The highest BCUT2D eigenvalue weighted by Gasteiger charge is 2.32. The number of carbonyl (C=O) groups is 1. The van der Waals surface area contributed by atoms with E-state index in [2.05, 4.69) is 82.8 Å². The third-order valence-corrected chi connectivity index (χ3v) is 8.27. The number of benzene rings is 3. The van der Waals surface area contributed by atoms with Crippen molar-refractivity contribution in [3.8, 4) is 0 Å². The molecule has 3 rings (SSSR count). The zero-order valence-corrected chi connectivity index (χ0v) is 25.6. The van der Waals surface area contributed by atoms with Gasteiger partial charge in [-0.05, 0) is 81.3 Å². The van der Waals surface area contributed by atoms with E-state index in [1.54, 1.807) is 6.92 Å². The van der Waals surface area contributed by atoms with Gasteiger partial charge < -0.3 is 9.84 Å². The molecule has 216 valence electrons. The summed E-state index contributed by atoms with van der Waals surface area (Å²) in [5, 5.41) is 10.7. The van der Waals surface area contributed by atoms with Crippen LogP contribution in [-0.4, -0.2) is 28.1 Å². The Morgan fingerprint density at radius 2 is 1.48 bits per heavy atom. The van der Waals surface area contributed by atoms with Crippen molar-refractivity contribution in [1.29, 1.82) is 0 Å². The molecule has 0 bridgehead atoms. The molecule has 40 heavy (non-hydrogen) atoms. The molecule has 3 aromatic carbocycles. The first-order valence-corrected chi connectivity index (χ1v) is 14.9. The van der Waals surface area contributed by atoms with Gasteiger partial charge in [-0.25, -0.2) is 0 Å². The highest BCUT2D eigenvalue weighted by atomic mass is 16.5. The summed E-state index contributed by atoms with van der Waals surface area (Å²) in [6, 6.07) is 22.9. The SMILES string of the molecule is CCCCC[C@@H](O)[C@@H](C)C(=O)O[C@H](c1ccccc1)[C@H](C)N(Cc1ccccc1C)Cc1c(C)cc(C)cc1C. The number of hydrogen-bond donors (Lipinski definition) is 1. The molecule has 3 aromatic rings. The van der Waals surface area contributed by atoms with Gasteiger partial charge in [-0.1, -0.05) is 98.5 Å². The first-order chi connectivity index (χ1) is 19.1. The number of unbranched alkanes of at least 4 members (excludes halogenated alkanes) is 2. The average Bonchev–Trinajstić information content (AvgIpc) is 2.93. The van der Waals surface area contributed by atoms with E-state index >= 15 is 0 Å². The van der Waals surface area contributed by atoms with Crippen molar-refractivity contribution in [2.75, 3.05) is 0 Å². The number of carbonyl (C=O) groups excluding carboxylic acids is 1. The lowest BCUT2D eigenvalue weighted by Crippen LogP contribution is -2.40. The minimum absolute atomic E-state index is 0.115. The van der Waals surface area contributed by atoms with Crippen LogP contribution in [0, 0.1) is 33.6 Å². The number of aliphatic hydroxyl groups excluding tert-OH is 1. The van der Waals surface area contributed by atoms with Crippen LogP contribution in [0.5, 0.6) is 0 Å². The van der Waals surface area contributed by atoms with Crippen LogP contribution in [0.2, 0.25) is 0 Å². The van der Waals surface area contributed by atoms with E-state index in [0.717, 1.165) is 37.9 Å². The maximum Gasteiger partial charge on any atom is 0.311 e. The number of hydrogen-bond acceptors (Lipinski definition) is 4. The van der Waals surface area contributed by atoms with Crippen LogP contribution in [0.1, 0.15) is 91.5 Å². The Morgan fingerprint density at radius 3 is 2.10 bits per heavy atom. The molecule has 0 unspecified atom stereocenters. The van der Waals surface area contributed by atoms with Gasteiger partial charge in [0.15, 0.2) is 0 Å². The Hall–Kier alpha value is -2.95. The fourth-order valence-corrected chi connectivity index (χ4v) is 5.53. The van der Waals surface area contributed by atoms with E-state index in [1.165, 1.54) is 33.4 Å². The molecule has 4 atom stereocenters. The summed E-state index contributed by atoms with van der Waals surface area (Å²) in [6.07, 6.45) is 2.47. The smallest absolute Gasteiger partial charge is 0.311 e. The maximum absolute atomic E-state index is 13.4. The first kappa shape index (κ1) is 31.6. The molecule has 0 saturated carbocycles. The minimum Gasteiger partial charge on any atom is -0.456 e. The van der Waals surface area contributed by atoms with Crippen LogP contribution < -0.4 is 0 Å². The normalized spacial score (nSPS) is 14.5. The molecule has 1 N–H and O–H groups in total. The number of aliphatic hydroxyl groups is 1. The van der Waals surface area contributed by atoms with E-state index in [4.69, 9.17) is 4.74 Å². The lowest BCUT2D eigenvalue weighted by atomic mass is 9.95. The van der Waals surface area contributed by atoms with Crippen molar-refractivity contribution >= 4 is 5.97 Å². The Labute approximate surface area is 242 Å². The number of aryl methyl sites for hydroxylation is 4. The van der Waals surface area contributed by atoms with Gasteiger partial charge in [-0.15, -0.1) is 0 Å². The molecule has 0 saturated heterocycles. The number of ether oxygens (including phenoxy) is 1. The second-order valence-electron chi connectivity index (χ2n) is 11.6. The van der Waals surface area contributed by atoms with Gasteiger partial charge in [0.1, 0.15) is 6.10 Å². The van der Waals surface area contributed by atoms with Gasteiger partial charge in [0.25, 0.3) is 0 Å². The summed E-state index contributed by atoms with van der Waals surface area (Å²) in [4.78, 5) is 15.9. The third-order valence-electron chi connectivity index (χ3n) is 8.27. The van der Waals surface area contributed by atoms with E-state index in [9.17, 15) is 9.90 Å². The Balaban J connectivity index is 1.96. The second kappa shape index (κ2) is 15.2. The molecule has 0 aliphatic heterocycles. The standard InChI is InChI=1S/C36H49NO3/c1-8-9-11-20-34(38)29(6)36(39)40-35(31-17-12-10-13-18-31)30(7)37(23-32-19-15-14-16-26(32)3)24-33-27(4)21-25(2)22-28(33)5/h10,12-19,21-22,29-30,34-35,38H,8-9,11,20,23-24H2,1-7H3/t29-,30+,34-,35+/m1/s1. The molecule has 0 fully saturated rings. The van der Waals surface area contributed by atoms with Gasteiger partial charge >= 0.3 is 5.97 Å². The molecular formula is C36H49NO3. The van der Waals surface area contributed by atoms with Crippen LogP contribution in [0.3, 0.4) is 0 Å². The van der Waals surface area contributed by atoms with E-state index in [1.807, 2.05) is 30.3 Å². The van der Waals surface area contributed by atoms with Crippen molar-refractivity contribution in [3.05, 3.63) is 106 Å². The van der Waals surface area contributed by atoms with Crippen LogP contribution in [0.4, 0.5) is 0 Å². The molecule has 0 aromatic heterocycles. The Kier molecular flexibility index (Phi) is 12.0. The highest BCUT2D eigenvalue weighted by Crippen LogP contribution is 2.31. The molecule has 0 spiro atoms. The number of nitrogens with zero attached hydrogens (tertiary/aromatic N) is 1. The third kappa shape index (κ3) is 8.52. The zero-order valence-electron chi connectivity index (χ0n) is 25.6.